The maximum Gasteiger partial charge on any atom is 0.137 e. The Morgan fingerprint density at radius 3 is 2.62 bits per heavy atom. The molecule has 5 heteroatoms. The molecule has 2 heterocycles. The van der Waals surface area contributed by atoms with Crippen LogP contribution in [0.1, 0.15) is 38.1 Å². The summed E-state index contributed by atoms with van der Waals surface area (Å²) in [5, 5.41) is 3.37. The lowest BCUT2D eigenvalue weighted by atomic mass is 10.1. The van der Waals surface area contributed by atoms with Crippen LogP contribution in [0.3, 0.4) is 0 Å². The average Bonchev–Trinajstić information content (AvgIpc) is 2.64. The Labute approximate surface area is 128 Å². The highest BCUT2D eigenvalue weighted by Crippen LogP contribution is 2.27. The maximum atomic E-state index is 4.76. The Morgan fingerprint density at radius 1 is 1.19 bits per heavy atom. The third-order valence-corrected chi connectivity index (χ3v) is 4.22. The van der Waals surface area contributed by atoms with Crippen molar-refractivity contribution in [1.82, 2.24) is 14.9 Å². The van der Waals surface area contributed by atoms with Crippen LogP contribution in [-0.2, 0) is 0 Å². The molecule has 5 nitrogen and oxygen atoms in total. The summed E-state index contributed by atoms with van der Waals surface area (Å²) in [5.41, 5.74) is 1.17. The van der Waals surface area contributed by atoms with Crippen molar-refractivity contribution < 1.29 is 0 Å². The van der Waals surface area contributed by atoms with Crippen LogP contribution in [-0.4, -0.2) is 54.1 Å². The lowest BCUT2D eigenvalue weighted by Gasteiger charge is -2.32. The van der Waals surface area contributed by atoms with Gasteiger partial charge in [0.25, 0.3) is 0 Å². The third-order valence-electron chi connectivity index (χ3n) is 4.22. The maximum absolute atomic E-state index is 4.76. The van der Waals surface area contributed by atoms with E-state index in [1.165, 1.54) is 12.0 Å². The van der Waals surface area contributed by atoms with E-state index in [4.69, 9.17) is 4.98 Å². The van der Waals surface area contributed by atoms with Gasteiger partial charge in [0.05, 0.1) is 0 Å². The molecule has 1 atom stereocenters. The fourth-order valence-electron chi connectivity index (χ4n) is 3.10. The van der Waals surface area contributed by atoms with E-state index in [1.807, 2.05) is 6.92 Å². The van der Waals surface area contributed by atoms with Crippen LogP contribution in [0.2, 0.25) is 0 Å². The smallest absolute Gasteiger partial charge is 0.137 e. The van der Waals surface area contributed by atoms with Crippen LogP contribution in [0.25, 0.3) is 0 Å². The summed E-state index contributed by atoms with van der Waals surface area (Å²) in [6.45, 7) is 12.7. The van der Waals surface area contributed by atoms with Gasteiger partial charge in [-0.15, -0.1) is 0 Å². The number of hydrogen-bond donors (Lipinski definition) is 1. The standard InChI is InChI=1S/C16H29N5/c1-6-14-11-20(5)9-8-10-21(14)16-12(3)15(17-7-2)18-13(4)19-16/h14H,6-11H2,1-5H3,(H,17,18,19). The average molecular weight is 291 g/mol. The van der Waals surface area contributed by atoms with Gasteiger partial charge in [-0.1, -0.05) is 6.92 Å². The predicted molar refractivity (Wildman–Crippen MR) is 89.2 cm³/mol. The highest BCUT2D eigenvalue weighted by molar-refractivity contribution is 5.59. The molecule has 0 aliphatic carbocycles. The van der Waals surface area contributed by atoms with Crippen molar-refractivity contribution in [3.63, 3.8) is 0 Å². The molecule has 0 saturated carbocycles. The molecular weight excluding hydrogens is 262 g/mol. The second-order valence-corrected chi connectivity index (χ2v) is 5.97. The van der Waals surface area contributed by atoms with Crippen molar-refractivity contribution in [2.75, 3.05) is 43.4 Å². The second-order valence-electron chi connectivity index (χ2n) is 5.97. The summed E-state index contributed by atoms with van der Waals surface area (Å²) in [6, 6.07) is 0.528. The van der Waals surface area contributed by atoms with Crippen LogP contribution >= 0.6 is 0 Å². The SMILES string of the molecule is CCNc1nc(C)nc(N2CCCN(C)CC2CC)c1C. The fourth-order valence-corrected chi connectivity index (χ4v) is 3.10. The van der Waals surface area contributed by atoms with Gasteiger partial charge < -0.3 is 15.1 Å². The van der Waals surface area contributed by atoms with Gasteiger partial charge in [-0.25, -0.2) is 9.97 Å². The summed E-state index contributed by atoms with van der Waals surface area (Å²) >= 11 is 0. The molecule has 0 radical (unpaired) electrons. The van der Waals surface area contributed by atoms with E-state index >= 15 is 0 Å². The zero-order valence-electron chi connectivity index (χ0n) is 14.1. The molecule has 0 amide bonds. The van der Waals surface area contributed by atoms with Gasteiger partial charge in [0.15, 0.2) is 0 Å². The Bertz CT molecular complexity index is 474. The molecule has 1 aromatic heterocycles. The summed E-state index contributed by atoms with van der Waals surface area (Å²) in [7, 11) is 2.22. The molecule has 1 aliphatic rings. The molecule has 2 rings (SSSR count). The molecule has 0 aromatic carbocycles. The van der Waals surface area contributed by atoms with Gasteiger partial charge >= 0.3 is 0 Å². The number of nitrogens with one attached hydrogen (secondary N) is 1. The van der Waals surface area contributed by atoms with Crippen molar-refractivity contribution in [3.05, 3.63) is 11.4 Å². The Hall–Kier alpha value is -1.36. The van der Waals surface area contributed by atoms with Gasteiger partial charge in [-0.3, -0.25) is 0 Å². The first-order valence-corrected chi connectivity index (χ1v) is 8.11. The van der Waals surface area contributed by atoms with Gasteiger partial charge in [0, 0.05) is 31.2 Å². The number of aromatic nitrogens is 2. The summed E-state index contributed by atoms with van der Waals surface area (Å²) in [4.78, 5) is 14.2. The number of hydrogen-bond acceptors (Lipinski definition) is 5. The third kappa shape index (κ3) is 3.64. The first kappa shape index (κ1) is 16.0. The van der Waals surface area contributed by atoms with Crippen molar-refractivity contribution in [2.24, 2.45) is 0 Å². The molecular formula is C16H29N5. The number of rotatable bonds is 4. The largest absolute Gasteiger partial charge is 0.370 e. The molecule has 21 heavy (non-hydrogen) atoms. The van der Waals surface area contributed by atoms with E-state index in [0.717, 1.165) is 50.1 Å². The van der Waals surface area contributed by atoms with E-state index < -0.39 is 0 Å². The minimum atomic E-state index is 0.528. The zero-order chi connectivity index (χ0) is 15.4. The number of anilines is 2. The topological polar surface area (TPSA) is 44.3 Å². The summed E-state index contributed by atoms with van der Waals surface area (Å²) in [5.74, 6) is 2.94. The zero-order valence-corrected chi connectivity index (χ0v) is 14.1. The van der Waals surface area contributed by atoms with Crippen LogP contribution in [0.15, 0.2) is 0 Å². The lowest BCUT2D eigenvalue weighted by molar-refractivity contribution is 0.327. The molecule has 1 aliphatic heterocycles. The van der Waals surface area contributed by atoms with Gasteiger partial charge in [-0.2, -0.15) is 0 Å². The predicted octanol–water partition coefficient (Wildman–Crippen LogP) is 2.45. The monoisotopic (exact) mass is 291 g/mol. The fraction of sp³-hybridized carbons (Fsp3) is 0.750. The van der Waals surface area contributed by atoms with E-state index in [-0.39, 0.29) is 0 Å². The normalized spacial score (nSPS) is 20.4. The Balaban J connectivity index is 2.38. The molecule has 1 N–H and O–H groups in total. The molecule has 1 aromatic rings. The van der Waals surface area contributed by atoms with Crippen LogP contribution in [0.5, 0.6) is 0 Å². The highest BCUT2D eigenvalue weighted by Gasteiger charge is 2.25. The second kappa shape index (κ2) is 7.07. The van der Waals surface area contributed by atoms with Crippen LogP contribution in [0, 0.1) is 13.8 Å². The van der Waals surface area contributed by atoms with E-state index in [0.29, 0.717) is 6.04 Å². The highest BCUT2D eigenvalue weighted by atomic mass is 15.3. The number of nitrogens with zero attached hydrogens (tertiary/aromatic N) is 4. The summed E-state index contributed by atoms with van der Waals surface area (Å²) < 4.78 is 0. The van der Waals surface area contributed by atoms with Gasteiger partial charge in [-0.05, 0) is 47.2 Å². The minimum absolute atomic E-state index is 0.528. The Kier molecular flexibility index (Phi) is 5.39. The first-order valence-electron chi connectivity index (χ1n) is 8.11. The quantitative estimate of drug-likeness (QED) is 0.923. The first-order chi connectivity index (χ1) is 10.1. The molecule has 0 bridgehead atoms. The number of aryl methyl sites for hydroxylation is 1. The Morgan fingerprint density at radius 2 is 1.95 bits per heavy atom. The van der Waals surface area contributed by atoms with Crippen LogP contribution < -0.4 is 10.2 Å². The van der Waals surface area contributed by atoms with Gasteiger partial charge in [0.1, 0.15) is 17.5 Å². The number of likely N-dealkylation sites (N-methyl/N-ethyl adjacent to an activating group) is 1. The molecule has 1 unspecified atom stereocenters. The van der Waals surface area contributed by atoms with Crippen molar-refractivity contribution >= 4 is 11.6 Å². The van der Waals surface area contributed by atoms with Crippen molar-refractivity contribution in [1.29, 1.82) is 0 Å². The lowest BCUT2D eigenvalue weighted by Crippen LogP contribution is -2.41. The van der Waals surface area contributed by atoms with E-state index in [2.05, 4.69) is 47.9 Å². The molecule has 1 saturated heterocycles. The molecule has 118 valence electrons. The molecule has 1 fully saturated rings. The summed E-state index contributed by atoms with van der Waals surface area (Å²) in [6.07, 6.45) is 2.33. The van der Waals surface area contributed by atoms with E-state index in [9.17, 15) is 0 Å². The van der Waals surface area contributed by atoms with Crippen molar-refractivity contribution in [3.8, 4) is 0 Å². The molecule has 0 spiro atoms. The minimum Gasteiger partial charge on any atom is -0.370 e. The van der Waals surface area contributed by atoms with Gasteiger partial charge in [0.2, 0.25) is 0 Å². The van der Waals surface area contributed by atoms with Crippen LogP contribution in [0.4, 0.5) is 11.6 Å². The van der Waals surface area contributed by atoms with E-state index in [1.54, 1.807) is 0 Å². The van der Waals surface area contributed by atoms with Crippen molar-refractivity contribution in [2.45, 2.75) is 46.6 Å².